The number of nitrogens with zero attached hydrogens (tertiary/aromatic N) is 3. The van der Waals surface area contributed by atoms with Crippen molar-refractivity contribution in [3.8, 4) is 11.6 Å². The van der Waals surface area contributed by atoms with Crippen LogP contribution in [0.1, 0.15) is 0 Å². The van der Waals surface area contributed by atoms with E-state index < -0.39 is 76.2 Å². The Morgan fingerprint density at radius 1 is 1.03 bits per heavy atom. The molecule has 178 valence electrons. The molecule has 0 aliphatic carbocycles. The van der Waals surface area contributed by atoms with Crippen molar-refractivity contribution in [3.05, 3.63) is 10.5 Å². The molecule has 0 radical (unpaired) electrons. The summed E-state index contributed by atoms with van der Waals surface area (Å²) < 4.78 is 89.6. The summed E-state index contributed by atoms with van der Waals surface area (Å²) in [5, 5.41) is 32.7. The van der Waals surface area contributed by atoms with E-state index in [4.69, 9.17) is 46.0 Å². The lowest BCUT2D eigenvalue weighted by atomic mass is 9.97. The molecule has 21 nitrogen and oxygen atoms in total. The Kier molecular flexibility index (Phi) is 2.94. The van der Waals surface area contributed by atoms with E-state index >= 15 is 0 Å². The minimum atomic E-state index is -5.30. The predicted molar refractivity (Wildman–Crippen MR) is 81.3 cm³/mol. The number of ether oxygens (including phenoxy) is 1. The molecule has 5 saturated heterocycles. The lowest BCUT2D eigenvalue weighted by Crippen LogP contribution is -2.68. The van der Waals surface area contributed by atoms with E-state index in [-0.39, 0.29) is 9.79 Å². The fourth-order valence-corrected chi connectivity index (χ4v) is 8.43. The van der Waals surface area contributed by atoms with Crippen molar-refractivity contribution >= 4 is 29.3 Å². The largest absolute Gasteiger partial charge is 0.583 e. The van der Waals surface area contributed by atoms with Crippen molar-refractivity contribution < 1.29 is 79.7 Å². The minimum Gasteiger partial charge on any atom is -0.500 e. The third kappa shape index (κ3) is 1.76. The number of anilines is 1. The molecular weight excluding hydrogens is 531 g/mol. The average molecular weight is 535 g/mol. The molecule has 7 aliphatic rings. The van der Waals surface area contributed by atoms with Gasteiger partial charge in [0.15, 0.2) is 0 Å². The number of aliphatic hydroxyl groups is 2. The lowest BCUT2D eigenvalue weighted by Gasteiger charge is -2.39. The zero-order chi connectivity index (χ0) is 23.0. The molecule has 5 fully saturated rings. The molecule has 0 saturated carbocycles. The summed E-state index contributed by atoms with van der Waals surface area (Å²) in [6.07, 6.45) is -2.56. The van der Waals surface area contributed by atoms with Gasteiger partial charge in [0.2, 0.25) is 17.9 Å². The first-order chi connectivity index (χ1) is 15.3. The lowest BCUT2D eigenvalue weighted by molar-refractivity contribution is -0.465. The second-order valence-corrected chi connectivity index (χ2v) is 11.4. The molecule has 8 rings (SSSR count). The molecule has 8 heterocycles. The zero-order valence-corrected chi connectivity index (χ0v) is 17.4. The predicted octanol–water partition coefficient (Wildman–Crippen LogP) is -1.53. The van der Waals surface area contributed by atoms with Crippen LogP contribution in [0.3, 0.4) is 0 Å². The number of rotatable bonds is 0. The molecule has 33 heavy (non-hydrogen) atoms. The van der Waals surface area contributed by atoms with Crippen molar-refractivity contribution in [2.45, 2.75) is 29.6 Å². The fraction of sp³-hybridized carbons (Fsp3) is 0.556. The van der Waals surface area contributed by atoms with Gasteiger partial charge in [-0.05, 0) is 0 Å². The zero-order valence-electron chi connectivity index (χ0n) is 14.7. The van der Waals surface area contributed by atoms with Gasteiger partial charge in [0.1, 0.15) is 0 Å². The highest BCUT2D eigenvalue weighted by Gasteiger charge is 3.02. The van der Waals surface area contributed by atoms with E-state index in [1.165, 1.54) is 0 Å². The Morgan fingerprint density at radius 2 is 1.79 bits per heavy atom. The molecule has 0 aromatic carbocycles. The minimum absolute atomic E-state index is 0.000787. The van der Waals surface area contributed by atoms with Crippen LogP contribution in [0.4, 0.5) is 5.82 Å². The highest BCUT2D eigenvalue weighted by molar-refractivity contribution is 7.50. The fourth-order valence-electron chi connectivity index (χ4n) is 4.23. The first-order valence-corrected chi connectivity index (χ1v) is 12.8. The highest BCUT2D eigenvalue weighted by Crippen LogP contribution is 2.86. The van der Waals surface area contributed by atoms with Crippen LogP contribution in [0.2, 0.25) is 0 Å². The van der Waals surface area contributed by atoms with Crippen LogP contribution in [0.15, 0.2) is 4.79 Å². The number of hydrogen-bond donors (Lipinski definition) is 3. The van der Waals surface area contributed by atoms with Crippen molar-refractivity contribution in [1.29, 1.82) is 0 Å². The summed E-state index contributed by atoms with van der Waals surface area (Å²) >= 11 is 0. The summed E-state index contributed by atoms with van der Waals surface area (Å²) in [6.45, 7) is 0. The van der Waals surface area contributed by atoms with Crippen LogP contribution in [-0.4, -0.2) is 48.5 Å². The molecule has 1 aromatic rings. The number of phosphoric ester groups is 2. The Labute approximate surface area is 176 Å². The van der Waals surface area contributed by atoms with Crippen LogP contribution < -0.4 is 15.4 Å². The molecule has 7 aliphatic heterocycles. The maximum absolute atomic E-state index is 13.4. The second kappa shape index (κ2) is 4.91. The molecule has 0 amide bonds. The van der Waals surface area contributed by atoms with Gasteiger partial charge in [-0.1, -0.05) is 5.23 Å². The maximum atomic E-state index is 13.4. The first kappa shape index (κ1) is 19.8. The van der Waals surface area contributed by atoms with Gasteiger partial charge in [0.25, 0.3) is 11.7 Å². The van der Waals surface area contributed by atoms with Gasteiger partial charge in [-0.25, -0.2) is 36.6 Å². The third-order valence-corrected chi connectivity index (χ3v) is 9.16. The smallest absolute Gasteiger partial charge is 0.500 e. The topological polar surface area (TPSA) is 252 Å². The summed E-state index contributed by atoms with van der Waals surface area (Å²) in [5.41, 5.74) is -1.56. The van der Waals surface area contributed by atoms with Crippen LogP contribution in [0, 0.1) is 0 Å². The summed E-state index contributed by atoms with van der Waals surface area (Å²) in [5.74, 6) is -17.2. The number of aliphatic hydroxyl groups excluding tert-OH is 1. The quantitative estimate of drug-likeness (QED) is 0.252. The van der Waals surface area contributed by atoms with Gasteiger partial charge < -0.3 is 19.8 Å². The molecular formula is C9H4N3O18P3. The van der Waals surface area contributed by atoms with Gasteiger partial charge >= 0.3 is 46.6 Å². The van der Waals surface area contributed by atoms with Gasteiger partial charge in [-0.3, -0.25) is 9.26 Å². The number of phosphoric acid groups is 3. The number of fused-ring (bicyclic) bond motifs is 6. The van der Waals surface area contributed by atoms with Crippen LogP contribution in [0.5, 0.6) is 11.6 Å². The van der Waals surface area contributed by atoms with Gasteiger partial charge in [-0.15, -0.1) is 13.9 Å². The van der Waals surface area contributed by atoms with E-state index in [2.05, 4.69) is 9.66 Å². The van der Waals surface area contributed by atoms with E-state index in [1.807, 2.05) is 0 Å². The molecule has 3 spiro atoms. The Bertz CT molecular complexity index is 1430. The van der Waals surface area contributed by atoms with Gasteiger partial charge in [0, 0.05) is 0 Å². The van der Waals surface area contributed by atoms with E-state index in [0.717, 1.165) is 0 Å². The number of aromatic nitrogens is 2. The molecule has 24 heteroatoms. The Hall–Kier alpha value is -1.51. The number of hydrogen-bond acceptors (Lipinski definition) is 20. The standard InChI is InChI=1S/C9H4N3O18P3/c13-1-2-10-5(15)11-3(1)20-32(18)28-12(2)29-33(19)25-7(16)8(26-33,23-30-32)6-4(14)21-31(17,24-6)27-9(7,11)22-6/h4,13-14,16H/t4?,6-,7-,8-,9?,31?,32?,33?/m1/s1. The van der Waals surface area contributed by atoms with Crippen LogP contribution in [-0.2, 0) is 65.8 Å². The normalized spacial score (nSPS) is 56.3. The maximum Gasteiger partial charge on any atom is 0.583 e. The van der Waals surface area contributed by atoms with Crippen molar-refractivity contribution in [1.82, 2.24) is 9.55 Å². The summed E-state index contributed by atoms with van der Waals surface area (Å²) in [7, 11) is -15.5. The highest BCUT2D eigenvalue weighted by atomic mass is 31.2. The third-order valence-electron chi connectivity index (χ3n) is 5.41. The monoisotopic (exact) mass is 535 g/mol. The Balaban J connectivity index is 1.64. The van der Waals surface area contributed by atoms with E-state index in [0.29, 0.717) is 0 Å². The molecule has 3 N–H and O–H groups in total. The first-order valence-electron chi connectivity index (χ1n) is 8.38. The average Bonchev–Trinajstić information content (AvgIpc) is 3.10. The molecule has 9 bridgehead atoms. The van der Waals surface area contributed by atoms with Crippen LogP contribution >= 0.6 is 23.5 Å². The van der Waals surface area contributed by atoms with Crippen molar-refractivity contribution in [3.63, 3.8) is 0 Å². The van der Waals surface area contributed by atoms with Crippen molar-refractivity contribution in [2.75, 3.05) is 5.23 Å². The number of aromatic hydroxyl groups is 1. The van der Waals surface area contributed by atoms with Gasteiger partial charge in [0.05, 0.1) is 0 Å². The SMILES string of the molecule is O=c1nc2c(O)c3n1C14O[C@]5(OP(=O)(OC5O)O1)[C@@]15OOP(=O)(O3)ON2OP(=O)(O1)O[C@@]45O. The van der Waals surface area contributed by atoms with Crippen LogP contribution in [0.25, 0.3) is 0 Å². The Morgan fingerprint density at radius 3 is 2.58 bits per heavy atom. The molecule has 5 unspecified atom stereocenters. The second-order valence-electron chi connectivity index (χ2n) is 7.15. The summed E-state index contributed by atoms with van der Waals surface area (Å²) in [6, 6.07) is 0. The van der Waals surface area contributed by atoms with E-state index in [1.54, 1.807) is 0 Å². The van der Waals surface area contributed by atoms with E-state index in [9.17, 15) is 33.8 Å². The van der Waals surface area contributed by atoms with Gasteiger partial charge in [-0.2, -0.15) is 14.4 Å². The molecule has 8 atom stereocenters. The van der Waals surface area contributed by atoms with Crippen molar-refractivity contribution in [2.24, 2.45) is 0 Å². The summed E-state index contributed by atoms with van der Waals surface area (Å²) in [4.78, 5) is 21.4. The molecule has 1 aromatic heterocycles.